The Labute approximate surface area is 135 Å². The molecule has 3 rings (SSSR count). The standard InChI is InChI=1S/C15H18N4O3S/c1-12(20)13-3-2-4-15(11-13)23(21,22)18-8-5-14(6-9-18)19-10-7-16-17-19/h2-4,7,10-11,14H,5-6,8-9H2,1H3. The normalized spacial score (nSPS) is 17.3. The van der Waals surface area contributed by atoms with Gasteiger partial charge < -0.3 is 0 Å². The number of hydrogen-bond acceptors (Lipinski definition) is 5. The van der Waals surface area contributed by atoms with Gasteiger partial charge in [-0.15, -0.1) is 5.10 Å². The molecule has 8 heteroatoms. The Morgan fingerprint density at radius 2 is 2.00 bits per heavy atom. The van der Waals surface area contributed by atoms with E-state index < -0.39 is 10.0 Å². The van der Waals surface area contributed by atoms with Crippen LogP contribution in [0.5, 0.6) is 0 Å². The fraction of sp³-hybridized carbons (Fsp3) is 0.400. The molecule has 1 aromatic heterocycles. The van der Waals surface area contributed by atoms with E-state index in [0.717, 1.165) is 0 Å². The number of hydrogen-bond donors (Lipinski definition) is 0. The lowest BCUT2D eigenvalue weighted by molar-refractivity contribution is 0.101. The van der Waals surface area contributed by atoms with Crippen LogP contribution >= 0.6 is 0 Å². The molecule has 1 saturated heterocycles. The molecule has 122 valence electrons. The lowest BCUT2D eigenvalue weighted by Gasteiger charge is -2.31. The van der Waals surface area contributed by atoms with E-state index in [9.17, 15) is 13.2 Å². The topological polar surface area (TPSA) is 85.2 Å². The molecular formula is C15H18N4O3S. The number of benzene rings is 1. The van der Waals surface area contributed by atoms with Crippen molar-refractivity contribution < 1.29 is 13.2 Å². The highest BCUT2D eigenvalue weighted by Crippen LogP contribution is 2.26. The molecule has 2 aromatic rings. The van der Waals surface area contributed by atoms with Gasteiger partial charge in [0.2, 0.25) is 10.0 Å². The Kier molecular flexibility index (Phi) is 4.27. The van der Waals surface area contributed by atoms with E-state index >= 15 is 0 Å². The molecule has 1 aliphatic rings. The molecule has 0 atom stereocenters. The van der Waals surface area contributed by atoms with Crippen molar-refractivity contribution in [3.05, 3.63) is 42.2 Å². The number of carbonyl (C=O) groups is 1. The van der Waals surface area contributed by atoms with Crippen LogP contribution in [0.1, 0.15) is 36.2 Å². The predicted octanol–water partition coefficient (Wildman–Crippen LogP) is 1.51. The number of rotatable bonds is 4. The monoisotopic (exact) mass is 334 g/mol. The second-order valence-corrected chi connectivity index (χ2v) is 7.54. The van der Waals surface area contributed by atoms with Gasteiger partial charge in [0.1, 0.15) is 0 Å². The minimum Gasteiger partial charge on any atom is -0.295 e. The van der Waals surface area contributed by atoms with E-state index in [1.165, 1.54) is 23.4 Å². The summed E-state index contributed by atoms with van der Waals surface area (Å²) >= 11 is 0. The molecular weight excluding hydrogens is 316 g/mol. The maximum absolute atomic E-state index is 12.7. The van der Waals surface area contributed by atoms with Gasteiger partial charge in [0.15, 0.2) is 5.78 Å². The molecule has 0 amide bonds. The van der Waals surface area contributed by atoms with Crippen LogP contribution in [-0.2, 0) is 10.0 Å². The van der Waals surface area contributed by atoms with Crippen molar-refractivity contribution in [3.63, 3.8) is 0 Å². The third-order valence-electron chi connectivity index (χ3n) is 4.12. The summed E-state index contributed by atoms with van der Waals surface area (Å²) in [5.41, 5.74) is 0.406. The van der Waals surface area contributed by atoms with E-state index in [2.05, 4.69) is 10.3 Å². The van der Waals surface area contributed by atoms with Gasteiger partial charge in [-0.25, -0.2) is 13.1 Å². The van der Waals surface area contributed by atoms with E-state index in [1.54, 1.807) is 29.2 Å². The van der Waals surface area contributed by atoms with Gasteiger partial charge in [-0.2, -0.15) is 4.31 Å². The van der Waals surface area contributed by atoms with Crippen LogP contribution in [0.15, 0.2) is 41.6 Å². The lowest BCUT2D eigenvalue weighted by atomic mass is 10.1. The quantitative estimate of drug-likeness (QED) is 0.791. The van der Waals surface area contributed by atoms with Gasteiger partial charge in [-0.05, 0) is 31.9 Å². The van der Waals surface area contributed by atoms with E-state index in [1.807, 2.05) is 0 Å². The zero-order valence-electron chi connectivity index (χ0n) is 12.8. The number of Topliss-reactive ketones (excluding diaryl/α,β-unsaturated/α-hetero) is 1. The van der Waals surface area contributed by atoms with Crippen LogP contribution in [-0.4, -0.2) is 46.6 Å². The molecule has 0 N–H and O–H groups in total. The molecule has 7 nitrogen and oxygen atoms in total. The number of sulfonamides is 1. The Morgan fingerprint density at radius 3 is 2.61 bits per heavy atom. The van der Waals surface area contributed by atoms with Crippen molar-refractivity contribution in [3.8, 4) is 0 Å². The molecule has 1 fully saturated rings. The molecule has 0 saturated carbocycles. The number of nitrogens with zero attached hydrogens (tertiary/aromatic N) is 4. The zero-order valence-corrected chi connectivity index (χ0v) is 13.6. The van der Waals surface area contributed by atoms with Gasteiger partial charge in [0, 0.05) is 24.8 Å². The van der Waals surface area contributed by atoms with Crippen LogP contribution in [0, 0.1) is 0 Å². The van der Waals surface area contributed by atoms with Crippen molar-refractivity contribution >= 4 is 15.8 Å². The number of carbonyl (C=O) groups excluding carboxylic acids is 1. The minimum atomic E-state index is -3.57. The first-order chi connectivity index (χ1) is 11.0. The molecule has 0 radical (unpaired) electrons. The Morgan fingerprint density at radius 1 is 1.26 bits per heavy atom. The van der Waals surface area contributed by atoms with Crippen LogP contribution < -0.4 is 0 Å². The average Bonchev–Trinajstić information content (AvgIpc) is 3.09. The van der Waals surface area contributed by atoms with Crippen molar-refractivity contribution in [1.82, 2.24) is 19.3 Å². The second kappa shape index (κ2) is 6.21. The van der Waals surface area contributed by atoms with Crippen LogP contribution in [0.3, 0.4) is 0 Å². The molecule has 1 aromatic carbocycles. The first kappa shape index (κ1) is 15.8. The molecule has 1 aliphatic heterocycles. The maximum atomic E-state index is 12.7. The Balaban J connectivity index is 1.76. The van der Waals surface area contributed by atoms with Crippen molar-refractivity contribution in [1.29, 1.82) is 0 Å². The first-order valence-electron chi connectivity index (χ1n) is 7.45. The summed E-state index contributed by atoms with van der Waals surface area (Å²) in [6.07, 6.45) is 4.80. The fourth-order valence-electron chi connectivity index (χ4n) is 2.78. The lowest BCUT2D eigenvalue weighted by Crippen LogP contribution is -2.39. The van der Waals surface area contributed by atoms with Gasteiger partial charge in [-0.1, -0.05) is 17.3 Å². The molecule has 0 bridgehead atoms. The second-order valence-electron chi connectivity index (χ2n) is 5.60. The SMILES string of the molecule is CC(=O)c1cccc(S(=O)(=O)N2CCC(n3ccnn3)CC2)c1. The summed E-state index contributed by atoms with van der Waals surface area (Å²) in [5, 5.41) is 7.77. The highest BCUT2D eigenvalue weighted by Gasteiger charge is 2.30. The largest absolute Gasteiger partial charge is 0.295 e. The molecule has 2 heterocycles. The minimum absolute atomic E-state index is 0.146. The summed E-state index contributed by atoms with van der Waals surface area (Å²) in [7, 11) is -3.57. The van der Waals surface area contributed by atoms with Crippen molar-refractivity contribution in [2.45, 2.75) is 30.7 Å². The first-order valence-corrected chi connectivity index (χ1v) is 8.89. The molecule has 0 spiro atoms. The highest BCUT2D eigenvalue weighted by molar-refractivity contribution is 7.89. The number of ketones is 1. The van der Waals surface area contributed by atoms with Crippen LogP contribution in [0.4, 0.5) is 0 Å². The number of piperidine rings is 1. The van der Waals surface area contributed by atoms with E-state index in [4.69, 9.17) is 0 Å². The Hall–Kier alpha value is -2.06. The average molecular weight is 334 g/mol. The number of aromatic nitrogens is 3. The highest BCUT2D eigenvalue weighted by atomic mass is 32.2. The summed E-state index contributed by atoms with van der Waals surface area (Å²) < 4.78 is 28.7. The zero-order chi connectivity index (χ0) is 16.4. The van der Waals surface area contributed by atoms with Gasteiger partial charge >= 0.3 is 0 Å². The third-order valence-corrected chi connectivity index (χ3v) is 6.01. The molecule has 0 aliphatic carbocycles. The van der Waals surface area contributed by atoms with Gasteiger partial charge in [-0.3, -0.25) is 4.79 Å². The fourth-order valence-corrected chi connectivity index (χ4v) is 4.30. The van der Waals surface area contributed by atoms with Crippen LogP contribution in [0.25, 0.3) is 0 Å². The molecule has 23 heavy (non-hydrogen) atoms. The predicted molar refractivity (Wildman–Crippen MR) is 83.5 cm³/mol. The van der Waals surface area contributed by atoms with Crippen LogP contribution in [0.2, 0.25) is 0 Å². The van der Waals surface area contributed by atoms with E-state index in [-0.39, 0.29) is 16.7 Å². The summed E-state index contributed by atoms with van der Waals surface area (Å²) in [6, 6.07) is 6.38. The van der Waals surface area contributed by atoms with Gasteiger partial charge in [0.25, 0.3) is 0 Å². The van der Waals surface area contributed by atoms with E-state index in [0.29, 0.717) is 31.5 Å². The smallest absolute Gasteiger partial charge is 0.243 e. The van der Waals surface area contributed by atoms with Crippen molar-refractivity contribution in [2.75, 3.05) is 13.1 Å². The summed E-state index contributed by atoms with van der Waals surface area (Å²) in [5.74, 6) is -0.146. The van der Waals surface area contributed by atoms with Gasteiger partial charge in [0.05, 0.1) is 17.1 Å². The summed E-state index contributed by atoms with van der Waals surface area (Å²) in [4.78, 5) is 11.6. The summed E-state index contributed by atoms with van der Waals surface area (Å²) in [6.45, 7) is 2.28. The van der Waals surface area contributed by atoms with Crippen molar-refractivity contribution in [2.24, 2.45) is 0 Å². The maximum Gasteiger partial charge on any atom is 0.243 e. The third kappa shape index (κ3) is 3.18. The molecule has 0 unspecified atom stereocenters. The Bertz CT molecular complexity index is 794.